The molecular weight excluding hydrogens is 381 g/mol. The van der Waals surface area contributed by atoms with Gasteiger partial charge in [0.25, 0.3) is 5.91 Å². The molecule has 5 nitrogen and oxygen atoms in total. The molecule has 1 aliphatic heterocycles. The number of amides is 1. The van der Waals surface area contributed by atoms with Crippen LogP contribution in [0.4, 0.5) is 24.8 Å². The van der Waals surface area contributed by atoms with Gasteiger partial charge in [0, 0.05) is 31.2 Å². The quantitative estimate of drug-likeness (QED) is 0.709. The Bertz CT molecular complexity index is 1020. The van der Waals surface area contributed by atoms with E-state index in [1.807, 2.05) is 18.2 Å². The second kappa shape index (κ2) is 7.54. The maximum atomic E-state index is 12.7. The van der Waals surface area contributed by atoms with Crippen molar-refractivity contribution in [3.05, 3.63) is 83.2 Å². The lowest BCUT2D eigenvalue weighted by molar-refractivity contribution is -0.137. The maximum absolute atomic E-state index is 12.7. The van der Waals surface area contributed by atoms with Crippen molar-refractivity contribution in [3.8, 4) is 0 Å². The fourth-order valence-electron chi connectivity index (χ4n) is 3.23. The molecule has 0 spiro atoms. The number of hydrogen-bond donors (Lipinski definition) is 1. The fourth-order valence-corrected chi connectivity index (χ4v) is 3.23. The Hall–Kier alpha value is -3.42. The number of benzene rings is 2. The molecule has 0 bridgehead atoms. The molecule has 0 unspecified atom stereocenters. The van der Waals surface area contributed by atoms with Gasteiger partial charge < -0.3 is 10.2 Å². The lowest BCUT2D eigenvalue weighted by Gasteiger charge is -2.28. The smallest absolute Gasteiger partial charge is 0.334 e. The van der Waals surface area contributed by atoms with Crippen molar-refractivity contribution in [2.75, 3.05) is 11.9 Å². The summed E-state index contributed by atoms with van der Waals surface area (Å²) in [6.45, 7) is 1.17. The number of anilines is 2. The van der Waals surface area contributed by atoms with E-state index in [1.54, 1.807) is 4.90 Å². The van der Waals surface area contributed by atoms with Gasteiger partial charge in [-0.15, -0.1) is 0 Å². The van der Waals surface area contributed by atoms with E-state index >= 15 is 0 Å². The van der Waals surface area contributed by atoms with Gasteiger partial charge in [0.2, 0.25) is 5.95 Å². The van der Waals surface area contributed by atoms with Gasteiger partial charge in [-0.05, 0) is 41.8 Å². The van der Waals surface area contributed by atoms with Crippen molar-refractivity contribution in [2.24, 2.45) is 0 Å². The third kappa shape index (κ3) is 4.21. The summed E-state index contributed by atoms with van der Waals surface area (Å²) in [4.78, 5) is 22.7. The van der Waals surface area contributed by atoms with Crippen LogP contribution in [0.25, 0.3) is 0 Å². The number of carbonyl (C=O) groups excluding carboxylic acids is 1. The van der Waals surface area contributed by atoms with E-state index in [-0.39, 0.29) is 11.9 Å². The van der Waals surface area contributed by atoms with E-state index in [1.165, 1.54) is 30.1 Å². The molecule has 3 aromatic rings. The largest absolute Gasteiger partial charge is 0.416 e. The number of halogens is 3. The Morgan fingerprint density at radius 2 is 1.62 bits per heavy atom. The Morgan fingerprint density at radius 1 is 0.966 bits per heavy atom. The van der Waals surface area contributed by atoms with E-state index in [2.05, 4.69) is 21.4 Å². The van der Waals surface area contributed by atoms with Crippen LogP contribution >= 0.6 is 0 Å². The first-order chi connectivity index (χ1) is 13.9. The normalized spacial score (nSPS) is 13.7. The highest BCUT2D eigenvalue weighted by atomic mass is 19.4. The van der Waals surface area contributed by atoms with Crippen molar-refractivity contribution in [3.63, 3.8) is 0 Å². The van der Waals surface area contributed by atoms with Crippen LogP contribution in [0.1, 0.15) is 27.0 Å². The van der Waals surface area contributed by atoms with E-state index in [0.717, 1.165) is 24.1 Å². The Morgan fingerprint density at radius 3 is 2.28 bits per heavy atom. The highest BCUT2D eigenvalue weighted by Crippen LogP contribution is 2.30. The molecule has 2 aromatic carbocycles. The van der Waals surface area contributed by atoms with Crippen molar-refractivity contribution < 1.29 is 18.0 Å². The van der Waals surface area contributed by atoms with Gasteiger partial charge in [0.05, 0.1) is 11.1 Å². The highest BCUT2D eigenvalue weighted by molar-refractivity contribution is 5.93. The monoisotopic (exact) mass is 398 g/mol. The number of nitrogens with zero attached hydrogens (tertiary/aromatic N) is 3. The summed E-state index contributed by atoms with van der Waals surface area (Å²) in [5.41, 5.74) is 2.44. The Kier molecular flexibility index (Phi) is 4.92. The maximum Gasteiger partial charge on any atom is 0.416 e. The molecule has 2 heterocycles. The lowest BCUT2D eigenvalue weighted by Crippen LogP contribution is -2.36. The van der Waals surface area contributed by atoms with Gasteiger partial charge in [0.1, 0.15) is 0 Å². The zero-order valence-electron chi connectivity index (χ0n) is 15.3. The standard InChI is InChI=1S/C21H17F3N4O/c22-21(23,24)17-5-7-18(8-6-17)27-20-25-11-16(12-26-20)19(29)28-10-9-14-3-1-2-4-15(14)13-28/h1-8,11-12H,9-10,13H2,(H,25,26,27). The number of nitrogens with one attached hydrogen (secondary N) is 1. The van der Waals surface area contributed by atoms with Gasteiger partial charge in [-0.2, -0.15) is 13.2 Å². The van der Waals surface area contributed by atoms with E-state index in [9.17, 15) is 18.0 Å². The minimum atomic E-state index is -4.38. The summed E-state index contributed by atoms with van der Waals surface area (Å²) in [6.07, 6.45) is -0.743. The van der Waals surface area contributed by atoms with Crippen molar-refractivity contribution in [2.45, 2.75) is 19.1 Å². The summed E-state index contributed by atoms with van der Waals surface area (Å²) in [7, 11) is 0. The van der Waals surface area contributed by atoms with Crippen LogP contribution in [0.2, 0.25) is 0 Å². The average Bonchev–Trinajstić information content (AvgIpc) is 2.73. The van der Waals surface area contributed by atoms with Crippen LogP contribution in [0.3, 0.4) is 0 Å². The molecule has 0 radical (unpaired) electrons. The van der Waals surface area contributed by atoms with E-state index < -0.39 is 11.7 Å². The summed E-state index contributed by atoms with van der Waals surface area (Å²) in [6, 6.07) is 12.6. The van der Waals surface area contributed by atoms with Crippen molar-refractivity contribution >= 4 is 17.5 Å². The summed E-state index contributed by atoms with van der Waals surface area (Å²) in [5, 5.41) is 2.83. The molecule has 8 heteroatoms. The number of rotatable bonds is 3. The number of alkyl halides is 3. The van der Waals surface area contributed by atoms with Crippen molar-refractivity contribution in [1.29, 1.82) is 0 Å². The second-order valence-electron chi connectivity index (χ2n) is 6.74. The van der Waals surface area contributed by atoms with Gasteiger partial charge in [0.15, 0.2) is 0 Å². The third-order valence-electron chi connectivity index (χ3n) is 4.79. The summed E-state index contributed by atoms with van der Waals surface area (Å²) < 4.78 is 37.9. The zero-order chi connectivity index (χ0) is 20.4. The molecule has 0 fully saturated rings. The molecule has 0 aliphatic carbocycles. The first-order valence-electron chi connectivity index (χ1n) is 9.02. The highest BCUT2D eigenvalue weighted by Gasteiger charge is 2.30. The Labute approximate surface area is 165 Å². The fraction of sp³-hybridized carbons (Fsp3) is 0.190. The molecule has 0 atom stereocenters. The molecule has 29 heavy (non-hydrogen) atoms. The molecule has 148 valence electrons. The van der Waals surface area contributed by atoms with Crippen LogP contribution in [0.15, 0.2) is 60.9 Å². The Balaban J connectivity index is 1.42. The summed E-state index contributed by atoms with van der Waals surface area (Å²) >= 11 is 0. The summed E-state index contributed by atoms with van der Waals surface area (Å²) in [5.74, 6) is 0.0471. The van der Waals surface area contributed by atoms with Crippen LogP contribution in [-0.4, -0.2) is 27.3 Å². The van der Waals surface area contributed by atoms with Gasteiger partial charge in [-0.3, -0.25) is 4.79 Å². The number of fused-ring (bicyclic) bond motifs is 1. The predicted molar refractivity (Wildman–Crippen MR) is 102 cm³/mol. The third-order valence-corrected chi connectivity index (χ3v) is 4.79. The van der Waals surface area contributed by atoms with Gasteiger partial charge >= 0.3 is 6.18 Å². The predicted octanol–water partition coefficient (Wildman–Crippen LogP) is 4.44. The van der Waals surface area contributed by atoms with E-state index in [4.69, 9.17) is 0 Å². The van der Waals surface area contributed by atoms with Gasteiger partial charge in [-0.1, -0.05) is 24.3 Å². The number of carbonyl (C=O) groups is 1. The van der Waals surface area contributed by atoms with Crippen LogP contribution in [0.5, 0.6) is 0 Å². The van der Waals surface area contributed by atoms with E-state index in [0.29, 0.717) is 24.3 Å². The molecule has 1 N–H and O–H groups in total. The molecule has 0 saturated carbocycles. The molecule has 4 rings (SSSR count). The lowest BCUT2D eigenvalue weighted by atomic mass is 9.99. The minimum Gasteiger partial charge on any atom is -0.334 e. The zero-order valence-corrected chi connectivity index (χ0v) is 15.3. The number of hydrogen-bond acceptors (Lipinski definition) is 4. The molecule has 0 saturated heterocycles. The first kappa shape index (κ1) is 18.9. The molecule has 1 amide bonds. The average molecular weight is 398 g/mol. The second-order valence-corrected chi connectivity index (χ2v) is 6.74. The molecule has 1 aliphatic rings. The first-order valence-corrected chi connectivity index (χ1v) is 9.02. The van der Waals surface area contributed by atoms with Crippen LogP contribution < -0.4 is 5.32 Å². The SMILES string of the molecule is O=C(c1cnc(Nc2ccc(C(F)(F)F)cc2)nc1)N1CCc2ccccc2C1. The molecular formula is C21H17F3N4O. The molecule has 1 aromatic heterocycles. The van der Waals surface area contributed by atoms with Crippen LogP contribution in [0, 0.1) is 0 Å². The van der Waals surface area contributed by atoms with Crippen LogP contribution in [-0.2, 0) is 19.1 Å². The number of aromatic nitrogens is 2. The minimum absolute atomic E-state index is 0.152. The van der Waals surface area contributed by atoms with Crippen molar-refractivity contribution in [1.82, 2.24) is 14.9 Å². The van der Waals surface area contributed by atoms with Gasteiger partial charge in [-0.25, -0.2) is 9.97 Å². The topological polar surface area (TPSA) is 58.1 Å².